The second-order valence-electron chi connectivity index (χ2n) is 6.22. The molecule has 0 spiro atoms. The molecule has 138 valence electrons. The molecule has 2 aromatic carbocycles. The van der Waals surface area contributed by atoms with E-state index in [0.29, 0.717) is 17.3 Å². The van der Waals surface area contributed by atoms with Gasteiger partial charge in [-0.25, -0.2) is 0 Å². The minimum absolute atomic E-state index is 0.00551. The maximum absolute atomic E-state index is 12.4. The number of likely N-dealkylation sites (N-methyl/N-ethyl adjacent to an activating group) is 1. The average Bonchev–Trinajstić information content (AvgIpc) is 3.11. The molecule has 0 aliphatic rings. The fourth-order valence-electron chi connectivity index (χ4n) is 2.47. The number of nitro groups is 1. The summed E-state index contributed by atoms with van der Waals surface area (Å²) in [5, 5.41) is 18.7. The Bertz CT molecular complexity index is 949. The number of aryl methyl sites for hydroxylation is 1. The molecular weight excluding hydrogens is 348 g/mol. The van der Waals surface area contributed by atoms with Crippen molar-refractivity contribution in [1.82, 2.24) is 15.1 Å². The highest BCUT2D eigenvalue weighted by atomic mass is 16.6. The summed E-state index contributed by atoms with van der Waals surface area (Å²) in [6.45, 7) is 2.18. The number of hydrogen-bond donors (Lipinski definition) is 0. The van der Waals surface area contributed by atoms with Crippen molar-refractivity contribution in [3.05, 3.63) is 75.7 Å². The third-order valence-electron chi connectivity index (χ3n) is 4.07. The van der Waals surface area contributed by atoms with E-state index >= 15 is 0 Å². The summed E-state index contributed by atoms with van der Waals surface area (Å²) >= 11 is 0. The first-order valence-electron chi connectivity index (χ1n) is 8.29. The number of carbonyl (C=O) groups is 1. The molecule has 3 rings (SSSR count). The summed E-state index contributed by atoms with van der Waals surface area (Å²) in [5.74, 6) is 0.588. The molecular formula is C19H18N4O4. The van der Waals surface area contributed by atoms with Crippen LogP contribution < -0.4 is 0 Å². The van der Waals surface area contributed by atoms with Crippen molar-refractivity contribution in [2.75, 3.05) is 7.05 Å². The molecule has 0 unspecified atom stereocenters. The molecule has 0 atom stereocenters. The van der Waals surface area contributed by atoms with Gasteiger partial charge in [-0.1, -0.05) is 29.8 Å². The van der Waals surface area contributed by atoms with Gasteiger partial charge in [0.1, 0.15) is 0 Å². The Morgan fingerprint density at radius 2 is 1.78 bits per heavy atom. The molecule has 27 heavy (non-hydrogen) atoms. The van der Waals surface area contributed by atoms with Crippen molar-refractivity contribution >= 4 is 11.6 Å². The van der Waals surface area contributed by atoms with Gasteiger partial charge in [-0.2, -0.15) is 0 Å². The quantitative estimate of drug-likeness (QED) is 0.490. The van der Waals surface area contributed by atoms with Gasteiger partial charge in [0, 0.05) is 24.7 Å². The van der Waals surface area contributed by atoms with Crippen LogP contribution >= 0.6 is 0 Å². The summed E-state index contributed by atoms with van der Waals surface area (Å²) in [4.78, 5) is 24.0. The van der Waals surface area contributed by atoms with Crippen molar-refractivity contribution in [2.45, 2.75) is 19.9 Å². The van der Waals surface area contributed by atoms with Gasteiger partial charge in [-0.05, 0) is 24.6 Å². The first-order chi connectivity index (χ1) is 12.9. The van der Waals surface area contributed by atoms with Crippen LogP contribution in [0, 0.1) is 17.0 Å². The minimum Gasteiger partial charge on any atom is -0.419 e. The van der Waals surface area contributed by atoms with Crippen molar-refractivity contribution < 1.29 is 14.1 Å². The summed E-state index contributed by atoms with van der Waals surface area (Å²) in [6, 6.07) is 13.6. The molecule has 0 saturated carbocycles. The van der Waals surface area contributed by atoms with Crippen LogP contribution in [0.25, 0.3) is 11.5 Å². The van der Waals surface area contributed by atoms with Crippen LogP contribution in [0.3, 0.4) is 0 Å². The average molecular weight is 366 g/mol. The highest BCUT2D eigenvalue weighted by Crippen LogP contribution is 2.19. The summed E-state index contributed by atoms with van der Waals surface area (Å²) in [7, 11) is 1.64. The molecule has 0 radical (unpaired) electrons. The normalized spacial score (nSPS) is 10.6. The largest absolute Gasteiger partial charge is 0.419 e. The van der Waals surface area contributed by atoms with Crippen molar-refractivity contribution in [3.8, 4) is 11.5 Å². The lowest BCUT2D eigenvalue weighted by Gasteiger charge is -2.14. The Labute approximate surface area is 155 Å². The van der Waals surface area contributed by atoms with Gasteiger partial charge >= 0.3 is 0 Å². The maximum Gasteiger partial charge on any atom is 0.269 e. The topological polar surface area (TPSA) is 102 Å². The van der Waals surface area contributed by atoms with Gasteiger partial charge in [0.25, 0.3) is 5.69 Å². The van der Waals surface area contributed by atoms with E-state index in [9.17, 15) is 14.9 Å². The lowest BCUT2D eigenvalue weighted by atomic mass is 10.1. The molecule has 1 aromatic heterocycles. The summed E-state index contributed by atoms with van der Waals surface area (Å²) in [6.07, 6.45) is 0.132. The molecule has 8 nitrogen and oxygen atoms in total. The van der Waals surface area contributed by atoms with E-state index in [2.05, 4.69) is 10.2 Å². The Hall–Kier alpha value is -3.55. The van der Waals surface area contributed by atoms with Gasteiger partial charge in [0.15, 0.2) is 0 Å². The highest BCUT2D eigenvalue weighted by Gasteiger charge is 2.15. The SMILES string of the molecule is Cc1ccc(-c2nnc(CN(C)C(=O)Cc3ccc([N+](=O)[O-])cc3)o2)cc1. The molecule has 0 bridgehead atoms. The number of non-ortho nitro benzene ring substituents is 1. The molecule has 1 amide bonds. The standard InChI is InChI=1S/C19H18N4O4/c1-13-3-7-15(8-4-13)19-21-20-17(27-19)12-22(2)18(24)11-14-5-9-16(10-6-14)23(25)26/h3-10H,11-12H2,1-2H3. The monoisotopic (exact) mass is 366 g/mol. The number of carbonyl (C=O) groups excluding carboxylic acids is 1. The molecule has 0 saturated heterocycles. The maximum atomic E-state index is 12.4. The lowest BCUT2D eigenvalue weighted by molar-refractivity contribution is -0.384. The molecule has 0 fully saturated rings. The number of rotatable bonds is 6. The first-order valence-corrected chi connectivity index (χ1v) is 8.29. The van der Waals surface area contributed by atoms with E-state index in [1.807, 2.05) is 31.2 Å². The van der Waals surface area contributed by atoms with E-state index in [1.54, 1.807) is 19.2 Å². The number of nitrogens with zero attached hydrogens (tertiary/aromatic N) is 4. The van der Waals surface area contributed by atoms with Crippen molar-refractivity contribution in [1.29, 1.82) is 0 Å². The Morgan fingerprint density at radius 3 is 2.41 bits per heavy atom. The van der Waals surface area contributed by atoms with E-state index in [4.69, 9.17) is 4.42 Å². The molecule has 8 heteroatoms. The van der Waals surface area contributed by atoms with Gasteiger partial charge in [0.05, 0.1) is 17.9 Å². The van der Waals surface area contributed by atoms with E-state index in [1.165, 1.54) is 17.0 Å². The molecule has 1 heterocycles. The smallest absolute Gasteiger partial charge is 0.269 e. The number of nitro benzene ring substituents is 1. The first kappa shape index (κ1) is 18.2. The number of amides is 1. The Kier molecular flexibility index (Phi) is 5.25. The lowest BCUT2D eigenvalue weighted by Crippen LogP contribution is -2.27. The molecule has 0 aliphatic carbocycles. The van der Waals surface area contributed by atoms with Crippen LogP contribution in [0.1, 0.15) is 17.0 Å². The number of hydrogen-bond acceptors (Lipinski definition) is 6. The zero-order valence-corrected chi connectivity index (χ0v) is 15.0. The van der Waals surface area contributed by atoms with Gasteiger partial charge in [-0.15, -0.1) is 10.2 Å². The van der Waals surface area contributed by atoms with E-state index < -0.39 is 4.92 Å². The van der Waals surface area contributed by atoms with E-state index in [-0.39, 0.29) is 24.6 Å². The zero-order chi connectivity index (χ0) is 19.4. The number of benzene rings is 2. The van der Waals surface area contributed by atoms with Gasteiger partial charge in [-0.3, -0.25) is 14.9 Å². The predicted molar refractivity (Wildman–Crippen MR) is 97.7 cm³/mol. The van der Waals surface area contributed by atoms with Crippen molar-refractivity contribution in [3.63, 3.8) is 0 Å². The third kappa shape index (κ3) is 4.55. The fourth-order valence-corrected chi connectivity index (χ4v) is 2.47. The van der Waals surface area contributed by atoms with Crippen LogP contribution in [0.15, 0.2) is 52.9 Å². The van der Waals surface area contributed by atoms with Crippen molar-refractivity contribution in [2.24, 2.45) is 0 Å². The van der Waals surface area contributed by atoms with Crippen LogP contribution in [0.2, 0.25) is 0 Å². The van der Waals surface area contributed by atoms with Crippen LogP contribution in [0.4, 0.5) is 5.69 Å². The molecule has 3 aromatic rings. The third-order valence-corrected chi connectivity index (χ3v) is 4.07. The van der Waals surface area contributed by atoms with E-state index in [0.717, 1.165) is 11.1 Å². The highest BCUT2D eigenvalue weighted by molar-refractivity contribution is 5.78. The predicted octanol–water partition coefficient (Wildman–Crippen LogP) is 3.15. The van der Waals surface area contributed by atoms with Crippen LogP contribution in [0.5, 0.6) is 0 Å². The summed E-state index contributed by atoms with van der Waals surface area (Å²) < 4.78 is 5.63. The van der Waals surface area contributed by atoms with Crippen LogP contribution in [-0.4, -0.2) is 33.0 Å². The second kappa shape index (κ2) is 7.77. The molecule has 0 aliphatic heterocycles. The Morgan fingerprint density at radius 1 is 1.11 bits per heavy atom. The van der Waals surface area contributed by atoms with Gasteiger partial charge in [0.2, 0.25) is 17.7 Å². The van der Waals surface area contributed by atoms with Gasteiger partial charge < -0.3 is 9.32 Å². The number of aromatic nitrogens is 2. The van der Waals surface area contributed by atoms with Crippen LogP contribution in [-0.2, 0) is 17.8 Å². The molecule has 0 N–H and O–H groups in total. The zero-order valence-electron chi connectivity index (χ0n) is 15.0. The summed E-state index contributed by atoms with van der Waals surface area (Å²) in [5.41, 5.74) is 2.65. The minimum atomic E-state index is -0.473. The Balaban J connectivity index is 1.61. The second-order valence-corrected chi connectivity index (χ2v) is 6.22. The fraction of sp³-hybridized carbons (Fsp3) is 0.211.